The number of nitrogens with zero attached hydrogens (tertiary/aromatic N) is 2. The molecule has 0 spiro atoms. The summed E-state index contributed by atoms with van der Waals surface area (Å²) in [6.07, 6.45) is 5.12. The molecule has 1 saturated carbocycles. The molecule has 3 N–H and O–H groups in total. The molecule has 2 atom stereocenters. The average molecular weight is 489 g/mol. The van der Waals surface area contributed by atoms with Crippen LogP contribution in [0.15, 0.2) is 47.6 Å². The highest BCUT2D eigenvalue weighted by Gasteiger charge is 2.46. The quantitative estimate of drug-likeness (QED) is 0.626. The van der Waals surface area contributed by atoms with Gasteiger partial charge in [0.25, 0.3) is 5.91 Å². The number of halogens is 2. The van der Waals surface area contributed by atoms with Crippen molar-refractivity contribution in [2.45, 2.75) is 44.2 Å². The lowest BCUT2D eigenvalue weighted by Gasteiger charge is -2.28. The second kappa shape index (κ2) is 10.0. The Morgan fingerprint density at radius 3 is 2.39 bits per heavy atom. The molecule has 2 aliphatic rings. The van der Waals surface area contributed by atoms with E-state index in [1.165, 1.54) is 6.42 Å². The third kappa shape index (κ3) is 4.94. The lowest BCUT2D eigenvalue weighted by Crippen LogP contribution is -2.45. The summed E-state index contributed by atoms with van der Waals surface area (Å²) in [5, 5.41) is 10.1. The maximum atomic E-state index is 13.3. The molecule has 2 unspecified atom stereocenters. The minimum absolute atomic E-state index is 0.0649. The van der Waals surface area contributed by atoms with Crippen LogP contribution in [0.25, 0.3) is 0 Å². The van der Waals surface area contributed by atoms with Crippen molar-refractivity contribution < 1.29 is 14.3 Å². The number of anilines is 1. The van der Waals surface area contributed by atoms with Crippen molar-refractivity contribution in [3.05, 3.63) is 58.1 Å². The van der Waals surface area contributed by atoms with Crippen LogP contribution in [-0.2, 0) is 9.59 Å². The first-order valence-corrected chi connectivity index (χ1v) is 11.7. The fraction of sp³-hybridized carbons (Fsp3) is 0.375. The van der Waals surface area contributed by atoms with E-state index in [4.69, 9.17) is 33.7 Å². The number of primary amides is 1. The van der Waals surface area contributed by atoms with Crippen LogP contribution in [0.4, 0.5) is 5.69 Å². The second-order valence-electron chi connectivity index (χ2n) is 8.33. The molecule has 1 heterocycles. The zero-order chi connectivity index (χ0) is 23.5. The number of hydrogen-bond acceptors (Lipinski definition) is 5. The first-order valence-electron chi connectivity index (χ1n) is 11.0. The molecule has 1 fully saturated rings. The SMILES string of the molecule is COc1ccc(C2C(C(N)=O)C(C(=O)NC3CCCCC3)=NN2c2ccc(Cl)cc2Cl)cc1. The Morgan fingerprint density at radius 2 is 1.79 bits per heavy atom. The Bertz CT molecular complexity index is 1070. The molecule has 2 amide bonds. The van der Waals surface area contributed by atoms with Crippen molar-refractivity contribution in [2.24, 2.45) is 16.8 Å². The number of ether oxygens (including phenoxy) is 1. The van der Waals surface area contributed by atoms with Gasteiger partial charge < -0.3 is 15.8 Å². The van der Waals surface area contributed by atoms with Gasteiger partial charge in [-0.3, -0.25) is 14.6 Å². The fourth-order valence-corrected chi connectivity index (χ4v) is 5.02. The van der Waals surface area contributed by atoms with E-state index in [0.29, 0.717) is 21.5 Å². The maximum Gasteiger partial charge on any atom is 0.268 e. The number of benzene rings is 2. The summed E-state index contributed by atoms with van der Waals surface area (Å²) < 4.78 is 5.26. The minimum atomic E-state index is -0.964. The number of hydrogen-bond donors (Lipinski definition) is 2. The smallest absolute Gasteiger partial charge is 0.268 e. The summed E-state index contributed by atoms with van der Waals surface area (Å²) in [6.45, 7) is 0. The van der Waals surface area contributed by atoms with Gasteiger partial charge in [0.15, 0.2) is 0 Å². The predicted molar refractivity (Wildman–Crippen MR) is 130 cm³/mol. The monoisotopic (exact) mass is 488 g/mol. The van der Waals surface area contributed by atoms with E-state index in [-0.39, 0.29) is 17.7 Å². The second-order valence-corrected chi connectivity index (χ2v) is 9.18. The topological polar surface area (TPSA) is 97.0 Å². The van der Waals surface area contributed by atoms with Gasteiger partial charge in [0.05, 0.1) is 23.9 Å². The van der Waals surface area contributed by atoms with E-state index >= 15 is 0 Å². The summed E-state index contributed by atoms with van der Waals surface area (Å²) in [4.78, 5) is 26.0. The van der Waals surface area contributed by atoms with E-state index < -0.39 is 17.9 Å². The molecule has 1 aliphatic heterocycles. The van der Waals surface area contributed by atoms with Gasteiger partial charge in [0.2, 0.25) is 5.91 Å². The molecule has 33 heavy (non-hydrogen) atoms. The molecule has 0 aromatic heterocycles. The number of amides is 2. The Labute approximate surface area is 202 Å². The number of nitrogens with one attached hydrogen (secondary N) is 1. The summed E-state index contributed by atoms with van der Waals surface area (Å²) >= 11 is 12.6. The number of hydrazone groups is 1. The zero-order valence-electron chi connectivity index (χ0n) is 18.3. The predicted octanol–water partition coefficient (Wildman–Crippen LogP) is 4.47. The standard InChI is InChI=1S/C24H26Cl2N4O3/c1-33-17-10-7-14(8-11-17)22-20(23(27)31)21(24(32)28-16-5-3-2-4-6-16)29-30(22)19-12-9-15(25)13-18(19)26/h7-13,16,20,22H,2-6H2,1H3,(H2,27,31)(H,28,32). The van der Waals surface area contributed by atoms with Crippen LogP contribution < -0.4 is 20.8 Å². The Kier molecular flexibility index (Phi) is 7.10. The lowest BCUT2D eigenvalue weighted by atomic mass is 9.88. The first-order chi connectivity index (χ1) is 15.9. The Hall–Kier alpha value is -2.77. The van der Waals surface area contributed by atoms with Crippen LogP contribution in [0.2, 0.25) is 10.0 Å². The summed E-state index contributed by atoms with van der Waals surface area (Å²) in [6, 6.07) is 11.6. The minimum Gasteiger partial charge on any atom is -0.497 e. The van der Waals surface area contributed by atoms with Crippen LogP contribution in [0, 0.1) is 5.92 Å². The van der Waals surface area contributed by atoms with E-state index in [2.05, 4.69) is 10.4 Å². The molecule has 0 bridgehead atoms. The highest BCUT2D eigenvalue weighted by Crippen LogP contribution is 2.43. The van der Waals surface area contributed by atoms with Crippen LogP contribution in [0.1, 0.15) is 43.7 Å². The van der Waals surface area contributed by atoms with E-state index in [9.17, 15) is 9.59 Å². The van der Waals surface area contributed by atoms with Crippen LogP contribution >= 0.6 is 23.2 Å². The molecule has 0 radical (unpaired) electrons. The molecule has 0 saturated heterocycles. The molecular weight excluding hydrogens is 463 g/mol. The molecule has 4 rings (SSSR count). The van der Waals surface area contributed by atoms with E-state index in [1.54, 1.807) is 42.5 Å². The van der Waals surface area contributed by atoms with Gasteiger partial charge in [-0.05, 0) is 48.7 Å². The van der Waals surface area contributed by atoms with Gasteiger partial charge in [-0.2, -0.15) is 5.10 Å². The Morgan fingerprint density at radius 1 is 1.09 bits per heavy atom. The van der Waals surface area contributed by atoms with E-state index in [0.717, 1.165) is 31.2 Å². The first kappa shape index (κ1) is 23.4. The summed E-state index contributed by atoms with van der Waals surface area (Å²) in [5.41, 5.74) is 7.19. The van der Waals surface area contributed by atoms with Gasteiger partial charge in [-0.15, -0.1) is 0 Å². The summed E-state index contributed by atoms with van der Waals surface area (Å²) in [5.74, 6) is -1.31. The van der Waals surface area contributed by atoms with Crippen LogP contribution in [0.5, 0.6) is 5.75 Å². The van der Waals surface area contributed by atoms with Crippen molar-refractivity contribution >= 4 is 46.4 Å². The van der Waals surface area contributed by atoms with E-state index in [1.807, 2.05) is 12.1 Å². The number of carbonyl (C=O) groups excluding carboxylic acids is 2. The molecule has 174 valence electrons. The van der Waals surface area contributed by atoms with Crippen molar-refractivity contribution in [2.75, 3.05) is 12.1 Å². The van der Waals surface area contributed by atoms with Crippen molar-refractivity contribution in [3.63, 3.8) is 0 Å². The van der Waals surface area contributed by atoms with Gasteiger partial charge in [0.1, 0.15) is 17.4 Å². The third-order valence-electron chi connectivity index (χ3n) is 6.18. The zero-order valence-corrected chi connectivity index (χ0v) is 19.8. The lowest BCUT2D eigenvalue weighted by molar-refractivity contribution is -0.122. The summed E-state index contributed by atoms with van der Waals surface area (Å²) in [7, 11) is 1.58. The van der Waals surface area contributed by atoms with Crippen molar-refractivity contribution in [1.29, 1.82) is 0 Å². The van der Waals surface area contributed by atoms with Gasteiger partial charge >= 0.3 is 0 Å². The highest BCUT2D eigenvalue weighted by atomic mass is 35.5. The largest absolute Gasteiger partial charge is 0.497 e. The molecule has 2 aromatic carbocycles. The van der Waals surface area contributed by atoms with Crippen molar-refractivity contribution in [3.8, 4) is 5.75 Å². The average Bonchev–Trinajstić information content (AvgIpc) is 3.20. The molecule has 9 heteroatoms. The normalized spacial score (nSPS) is 20.9. The maximum absolute atomic E-state index is 13.3. The third-order valence-corrected chi connectivity index (χ3v) is 6.72. The molecular formula is C24H26Cl2N4O3. The van der Waals surface area contributed by atoms with Gasteiger partial charge in [0, 0.05) is 11.1 Å². The van der Waals surface area contributed by atoms with Crippen LogP contribution in [0.3, 0.4) is 0 Å². The molecule has 7 nitrogen and oxygen atoms in total. The fourth-order valence-electron chi connectivity index (χ4n) is 4.52. The number of nitrogens with two attached hydrogens (primary N) is 1. The highest BCUT2D eigenvalue weighted by molar-refractivity contribution is 6.44. The van der Waals surface area contributed by atoms with Crippen LogP contribution in [-0.4, -0.2) is 30.7 Å². The Balaban J connectivity index is 1.76. The number of methoxy groups -OCH3 is 1. The van der Waals surface area contributed by atoms with Gasteiger partial charge in [-0.1, -0.05) is 54.6 Å². The number of carbonyl (C=O) groups is 2. The van der Waals surface area contributed by atoms with Crippen molar-refractivity contribution in [1.82, 2.24) is 5.32 Å². The number of rotatable bonds is 6. The van der Waals surface area contributed by atoms with Gasteiger partial charge in [-0.25, -0.2) is 0 Å². The molecule has 2 aromatic rings. The molecule has 1 aliphatic carbocycles.